The summed E-state index contributed by atoms with van der Waals surface area (Å²) >= 11 is 0. The van der Waals surface area contributed by atoms with Crippen LogP contribution < -0.4 is 5.32 Å². The largest absolute Gasteiger partial charge is 0.352 e. The standard InChI is InChI=1S/C8H10NO2/c1-3-5-9-8(11)7(4-2)6-10/h3-4,7H,1-2,5H2,(H,9,11). The molecule has 0 spiro atoms. The number of hydrogen-bond acceptors (Lipinski definition) is 2. The Bertz CT molecular complexity index is 167. The van der Waals surface area contributed by atoms with Crippen LogP contribution >= 0.6 is 0 Å². The Kier molecular flexibility index (Phi) is 4.73. The topological polar surface area (TPSA) is 46.2 Å². The molecule has 0 heterocycles. The molecule has 0 aliphatic rings. The van der Waals surface area contributed by atoms with E-state index in [1.54, 1.807) is 6.29 Å². The van der Waals surface area contributed by atoms with Crippen LogP contribution in [0.5, 0.6) is 0 Å². The highest BCUT2D eigenvalue weighted by Crippen LogP contribution is 1.91. The van der Waals surface area contributed by atoms with Crippen LogP contribution in [0.25, 0.3) is 0 Å². The Labute approximate surface area is 65.8 Å². The Balaban J connectivity index is 3.88. The number of amides is 1. The normalized spacial score (nSPS) is 11.3. The first-order valence-electron chi connectivity index (χ1n) is 3.15. The van der Waals surface area contributed by atoms with Crippen LogP contribution in [0.2, 0.25) is 0 Å². The molecule has 0 aliphatic heterocycles. The van der Waals surface area contributed by atoms with Gasteiger partial charge >= 0.3 is 0 Å². The molecule has 0 rings (SSSR count). The Morgan fingerprint density at radius 3 is 2.64 bits per heavy atom. The van der Waals surface area contributed by atoms with Crippen LogP contribution in [0.15, 0.2) is 25.3 Å². The lowest BCUT2D eigenvalue weighted by Gasteiger charge is -2.02. The third-order valence-corrected chi connectivity index (χ3v) is 1.07. The summed E-state index contributed by atoms with van der Waals surface area (Å²) in [7, 11) is 0. The van der Waals surface area contributed by atoms with Crippen molar-refractivity contribution in [2.24, 2.45) is 5.92 Å². The summed E-state index contributed by atoms with van der Waals surface area (Å²) < 4.78 is 0. The van der Waals surface area contributed by atoms with Crippen molar-refractivity contribution in [1.29, 1.82) is 0 Å². The first kappa shape index (κ1) is 9.62. The number of rotatable bonds is 5. The van der Waals surface area contributed by atoms with Crippen LogP contribution in [0, 0.1) is 5.92 Å². The molecule has 1 unspecified atom stereocenters. The molecular formula is C8H10NO2. The zero-order chi connectivity index (χ0) is 8.69. The predicted octanol–water partition coefficient (Wildman–Crippen LogP) is 0.200. The predicted molar refractivity (Wildman–Crippen MR) is 42.6 cm³/mol. The van der Waals surface area contributed by atoms with Gasteiger partial charge in [0, 0.05) is 6.54 Å². The summed E-state index contributed by atoms with van der Waals surface area (Å²) in [6, 6.07) is 0. The van der Waals surface area contributed by atoms with Crippen LogP contribution in [-0.2, 0) is 9.59 Å². The lowest BCUT2D eigenvalue weighted by molar-refractivity contribution is -0.121. The SMILES string of the molecule is C=CCNC(=O)C([C]=O)C=C. The highest BCUT2D eigenvalue weighted by Gasteiger charge is 2.12. The Morgan fingerprint density at radius 1 is 1.64 bits per heavy atom. The fourth-order valence-corrected chi connectivity index (χ4v) is 0.491. The summed E-state index contributed by atoms with van der Waals surface area (Å²) in [6.07, 6.45) is 4.32. The summed E-state index contributed by atoms with van der Waals surface area (Å²) in [6.45, 7) is 7.07. The van der Waals surface area contributed by atoms with Crippen molar-refractivity contribution >= 4 is 12.2 Å². The van der Waals surface area contributed by atoms with Crippen molar-refractivity contribution in [2.45, 2.75) is 0 Å². The number of hydrogen-bond donors (Lipinski definition) is 1. The van der Waals surface area contributed by atoms with Crippen molar-refractivity contribution in [1.82, 2.24) is 5.32 Å². The van der Waals surface area contributed by atoms with E-state index in [-0.39, 0.29) is 0 Å². The lowest BCUT2D eigenvalue weighted by atomic mass is 10.1. The molecular weight excluding hydrogens is 142 g/mol. The first-order chi connectivity index (χ1) is 5.26. The van der Waals surface area contributed by atoms with E-state index in [1.807, 2.05) is 0 Å². The van der Waals surface area contributed by atoms with E-state index in [4.69, 9.17) is 0 Å². The second-order valence-electron chi connectivity index (χ2n) is 1.87. The second kappa shape index (κ2) is 5.41. The smallest absolute Gasteiger partial charge is 0.235 e. The van der Waals surface area contributed by atoms with E-state index in [9.17, 15) is 9.59 Å². The van der Waals surface area contributed by atoms with Crippen molar-refractivity contribution in [3.63, 3.8) is 0 Å². The van der Waals surface area contributed by atoms with E-state index in [0.717, 1.165) is 0 Å². The second-order valence-corrected chi connectivity index (χ2v) is 1.87. The minimum absolute atomic E-state index is 0.352. The van der Waals surface area contributed by atoms with E-state index >= 15 is 0 Å². The highest BCUT2D eigenvalue weighted by atomic mass is 16.2. The minimum atomic E-state index is -0.866. The van der Waals surface area contributed by atoms with E-state index in [2.05, 4.69) is 18.5 Å². The third kappa shape index (κ3) is 3.35. The molecule has 1 amide bonds. The monoisotopic (exact) mass is 152 g/mol. The zero-order valence-electron chi connectivity index (χ0n) is 6.17. The molecule has 1 radical (unpaired) electrons. The van der Waals surface area contributed by atoms with Crippen molar-refractivity contribution < 1.29 is 9.59 Å². The average molecular weight is 152 g/mol. The fourth-order valence-electron chi connectivity index (χ4n) is 0.491. The Morgan fingerprint density at radius 2 is 2.27 bits per heavy atom. The maximum atomic E-state index is 10.9. The van der Waals surface area contributed by atoms with Gasteiger partial charge in [-0.25, -0.2) is 0 Å². The maximum absolute atomic E-state index is 10.9. The average Bonchev–Trinajstić information content (AvgIpc) is 2.03. The molecule has 0 aliphatic carbocycles. The van der Waals surface area contributed by atoms with Crippen molar-refractivity contribution in [2.75, 3.05) is 6.54 Å². The van der Waals surface area contributed by atoms with Crippen molar-refractivity contribution in [3.05, 3.63) is 25.3 Å². The summed E-state index contributed by atoms with van der Waals surface area (Å²) in [4.78, 5) is 20.9. The van der Waals surface area contributed by atoms with Gasteiger partial charge in [0.2, 0.25) is 12.2 Å². The summed E-state index contributed by atoms with van der Waals surface area (Å²) in [5, 5.41) is 2.44. The molecule has 59 valence electrons. The molecule has 0 fully saturated rings. The van der Waals surface area contributed by atoms with Gasteiger partial charge in [0.05, 0.1) is 0 Å². The van der Waals surface area contributed by atoms with Gasteiger partial charge in [-0.2, -0.15) is 0 Å². The summed E-state index contributed by atoms with van der Waals surface area (Å²) in [5.41, 5.74) is 0. The van der Waals surface area contributed by atoms with Gasteiger partial charge in [-0.1, -0.05) is 12.2 Å². The molecule has 3 heteroatoms. The van der Waals surface area contributed by atoms with E-state index < -0.39 is 11.8 Å². The number of carbonyl (C=O) groups is 1. The minimum Gasteiger partial charge on any atom is -0.352 e. The third-order valence-electron chi connectivity index (χ3n) is 1.07. The molecule has 1 atom stereocenters. The van der Waals surface area contributed by atoms with Gasteiger partial charge in [-0.05, 0) is 0 Å². The van der Waals surface area contributed by atoms with Crippen LogP contribution in [0.3, 0.4) is 0 Å². The van der Waals surface area contributed by atoms with E-state index in [1.165, 1.54) is 12.2 Å². The molecule has 0 bridgehead atoms. The molecule has 0 saturated carbocycles. The molecule has 0 aromatic rings. The van der Waals surface area contributed by atoms with Gasteiger partial charge < -0.3 is 5.32 Å². The molecule has 1 N–H and O–H groups in total. The number of carbonyl (C=O) groups excluding carboxylic acids is 2. The van der Waals surface area contributed by atoms with Crippen LogP contribution in [0.1, 0.15) is 0 Å². The summed E-state index contributed by atoms with van der Waals surface area (Å²) in [5.74, 6) is -1.26. The van der Waals surface area contributed by atoms with E-state index in [0.29, 0.717) is 6.54 Å². The maximum Gasteiger partial charge on any atom is 0.235 e. The van der Waals surface area contributed by atoms with Gasteiger partial charge in [0.1, 0.15) is 5.92 Å². The molecule has 0 saturated heterocycles. The highest BCUT2D eigenvalue weighted by molar-refractivity contribution is 5.93. The molecule has 11 heavy (non-hydrogen) atoms. The quantitative estimate of drug-likeness (QED) is 0.452. The lowest BCUT2D eigenvalue weighted by Crippen LogP contribution is -2.30. The van der Waals surface area contributed by atoms with Gasteiger partial charge in [0.15, 0.2) is 0 Å². The Hall–Kier alpha value is -1.38. The first-order valence-corrected chi connectivity index (χ1v) is 3.15. The fraction of sp³-hybridized carbons (Fsp3) is 0.250. The van der Waals surface area contributed by atoms with Gasteiger partial charge in [-0.3, -0.25) is 9.59 Å². The number of nitrogens with one attached hydrogen (secondary N) is 1. The van der Waals surface area contributed by atoms with Crippen LogP contribution in [0.4, 0.5) is 0 Å². The van der Waals surface area contributed by atoms with Crippen molar-refractivity contribution in [3.8, 4) is 0 Å². The molecule has 3 nitrogen and oxygen atoms in total. The van der Waals surface area contributed by atoms with Crippen LogP contribution in [-0.4, -0.2) is 18.7 Å². The molecule has 0 aromatic carbocycles. The van der Waals surface area contributed by atoms with Gasteiger partial charge in [0.25, 0.3) is 0 Å². The zero-order valence-corrected chi connectivity index (χ0v) is 6.17. The molecule has 0 aromatic heterocycles. The van der Waals surface area contributed by atoms with Gasteiger partial charge in [-0.15, -0.1) is 13.2 Å².